The number of ether oxygens (including phenoxy) is 1. The standard InChI is InChI=1S/C16H25NO3/c18-15(19)14(17-1-3-20-4-2-17)16-8-11-5-12(9-16)7-13(6-11)10-16/h11-14H,1-10H2,(H,18,19)/t11?,12?,13?,14-,16?/m0/s1. The number of aliphatic carboxylic acids is 1. The first-order chi connectivity index (χ1) is 9.66. The Bertz CT molecular complexity index is 367. The summed E-state index contributed by atoms with van der Waals surface area (Å²) in [7, 11) is 0. The molecule has 4 nitrogen and oxygen atoms in total. The highest BCUT2D eigenvalue weighted by atomic mass is 16.5. The van der Waals surface area contributed by atoms with Crippen molar-refractivity contribution in [3.63, 3.8) is 0 Å². The lowest BCUT2D eigenvalue weighted by Crippen LogP contribution is -2.61. The van der Waals surface area contributed by atoms with Gasteiger partial charge in [-0.3, -0.25) is 9.69 Å². The first-order valence-corrected chi connectivity index (χ1v) is 8.21. The smallest absolute Gasteiger partial charge is 0.321 e. The van der Waals surface area contributed by atoms with E-state index in [1.54, 1.807) is 0 Å². The zero-order chi connectivity index (χ0) is 13.7. The summed E-state index contributed by atoms with van der Waals surface area (Å²) in [6, 6.07) is -0.264. The lowest BCUT2D eigenvalue weighted by atomic mass is 9.47. The molecule has 4 saturated carbocycles. The fraction of sp³-hybridized carbons (Fsp3) is 0.938. The van der Waals surface area contributed by atoms with Crippen LogP contribution in [0.15, 0.2) is 0 Å². The molecule has 5 fully saturated rings. The third kappa shape index (κ3) is 2.00. The normalized spacial score (nSPS) is 45.5. The minimum atomic E-state index is -0.589. The van der Waals surface area contributed by atoms with Gasteiger partial charge in [-0.1, -0.05) is 0 Å². The highest BCUT2D eigenvalue weighted by Gasteiger charge is 2.57. The van der Waals surface area contributed by atoms with Gasteiger partial charge in [-0.15, -0.1) is 0 Å². The van der Waals surface area contributed by atoms with Gasteiger partial charge in [-0.2, -0.15) is 0 Å². The summed E-state index contributed by atoms with van der Waals surface area (Å²) >= 11 is 0. The van der Waals surface area contributed by atoms with Gasteiger partial charge in [0.05, 0.1) is 13.2 Å². The molecule has 0 aromatic heterocycles. The molecule has 1 atom stereocenters. The van der Waals surface area contributed by atoms with Crippen LogP contribution >= 0.6 is 0 Å². The van der Waals surface area contributed by atoms with Crippen LogP contribution in [0.2, 0.25) is 0 Å². The summed E-state index contributed by atoms with van der Waals surface area (Å²) in [5.41, 5.74) is 0.0674. The van der Waals surface area contributed by atoms with Crippen LogP contribution < -0.4 is 0 Å². The Morgan fingerprint density at radius 3 is 2.00 bits per heavy atom. The van der Waals surface area contributed by atoms with Crippen LogP contribution in [-0.4, -0.2) is 48.3 Å². The maximum Gasteiger partial charge on any atom is 0.321 e. The summed E-state index contributed by atoms with van der Waals surface area (Å²) in [5.74, 6) is 1.84. The zero-order valence-electron chi connectivity index (χ0n) is 12.1. The van der Waals surface area contributed by atoms with Crippen LogP contribution in [0.5, 0.6) is 0 Å². The van der Waals surface area contributed by atoms with E-state index in [0.29, 0.717) is 13.2 Å². The summed E-state index contributed by atoms with van der Waals surface area (Å²) in [5, 5.41) is 9.90. The van der Waals surface area contributed by atoms with E-state index in [2.05, 4.69) is 4.90 Å². The van der Waals surface area contributed by atoms with E-state index in [4.69, 9.17) is 4.74 Å². The predicted molar refractivity (Wildman–Crippen MR) is 74.4 cm³/mol. The molecule has 4 heteroatoms. The Morgan fingerprint density at radius 1 is 1.05 bits per heavy atom. The fourth-order valence-electron chi connectivity index (χ4n) is 6.15. The van der Waals surface area contributed by atoms with Gasteiger partial charge in [0.2, 0.25) is 0 Å². The van der Waals surface area contributed by atoms with Gasteiger partial charge < -0.3 is 9.84 Å². The van der Waals surface area contributed by atoms with Gasteiger partial charge in [0.1, 0.15) is 6.04 Å². The van der Waals surface area contributed by atoms with Crippen LogP contribution in [-0.2, 0) is 9.53 Å². The topological polar surface area (TPSA) is 49.8 Å². The first kappa shape index (κ1) is 13.1. The van der Waals surface area contributed by atoms with Crippen LogP contribution in [0.1, 0.15) is 38.5 Å². The third-order valence-corrected chi connectivity index (χ3v) is 6.31. The van der Waals surface area contributed by atoms with Gasteiger partial charge in [-0.05, 0) is 61.7 Å². The molecule has 0 aromatic rings. The quantitative estimate of drug-likeness (QED) is 0.858. The van der Waals surface area contributed by atoms with E-state index in [1.165, 1.54) is 19.3 Å². The predicted octanol–water partition coefficient (Wildman–Crippen LogP) is 1.99. The Hall–Kier alpha value is -0.610. The van der Waals surface area contributed by atoms with Crippen molar-refractivity contribution in [1.82, 2.24) is 4.90 Å². The van der Waals surface area contributed by atoms with Gasteiger partial charge in [0, 0.05) is 13.1 Å². The van der Waals surface area contributed by atoms with Gasteiger partial charge >= 0.3 is 5.97 Å². The Morgan fingerprint density at radius 2 is 1.55 bits per heavy atom. The molecule has 5 rings (SSSR count). The summed E-state index contributed by atoms with van der Waals surface area (Å²) in [6.45, 7) is 2.96. The molecule has 4 bridgehead atoms. The van der Waals surface area contributed by atoms with E-state index in [9.17, 15) is 9.90 Å². The Balaban J connectivity index is 1.63. The molecular formula is C16H25NO3. The average Bonchev–Trinajstić information content (AvgIpc) is 2.37. The molecule has 5 aliphatic rings. The van der Waals surface area contributed by atoms with Crippen LogP contribution in [0, 0.1) is 23.2 Å². The van der Waals surface area contributed by atoms with Crippen LogP contribution in [0.4, 0.5) is 0 Å². The minimum absolute atomic E-state index is 0.0674. The SMILES string of the molecule is O=C(O)[C@H](N1CCOCC1)C12CC3CC(CC(C3)C1)C2. The van der Waals surface area contributed by atoms with E-state index >= 15 is 0 Å². The van der Waals surface area contributed by atoms with Crippen LogP contribution in [0.25, 0.3) is 0 Å². The number of hydrogen-bond acceptors (Lipinski definition) is 3. The number of carboxylic acids is 1. The molecule has 20 heavy (non-hydrogen) atoms. The van der Waals surface area contributed by atoms with Crippen molar-refractivity contribution in [2.45, 2.75) is 44.6 Å². The van der Waals surface area contributed by atoms with E-state index in [0.717, 1.165) is 50.1 Å². The summed E-state index contributed by atoms with van der Waals surface area (Å²) < 4.78 is 5.41. The molecule has 0 spiro atoms. The van der Waals surface area contributed by atoms with E-state index in [1.807, 2.05) is 0 Å². The van der Waals surface area contributed by atoms with Crippen molar-refractivity contribution in [2.75, 3.05) is 26.3 Å². The lowest BCUT2D eigenvalue weighted by molar-refractivity contribution is -0.165. The molecule has 0 radical (unpaired) electrons. The van der Waals surface area contributed by atoms with Crippen molar-refractivity contribution >= 4 is 5.97 Å². The van der Waals surface area contributed by atoms with Crippen LogP contribution in [0.3, 0.4) is 0 Å². The van der Waals surface area contributed by atoms with Crippen molar-refractivity contribution < 1.29 is 14.6 Å². The van der Waals surface area contributed by atoms with Crippen molar-refractivity contribution in [3.8, 4) is 0 Å². The maximum atomic E-state index is 12.0. The number of nitrogens with zero attached hydrogens (tertiary/aromatic N) is 1. The largest absolute Gasteiger partial charge is 0.480 e. The molecule has 1 saturated heterocycles. The maximum absolute atomic E-state index is 12.0. The summed E-state index contributed by atoms with van der Waals surface area (Å²) in [6.07, 6.45) is 7.59. The highest BCUT2D eigenvalue weighted by Crippen LogP contribution is 2.62. The molecule has 0 aromatic carbocycles. The number of carbonyl (C=O) groups is 1. The molecule has 1 heterocycles. The first-order valence-electron chi connectivity index (χ1n) is 8.21. The van der Waals surface area contributed by atoms with E-state index < -0.39 is 5.97 Å². The second-order valence-electron chi connectivity index (χ2n) is 7.67. The monoisotopic (exact) mass is 279 g/mol. The molecular weight excluding hydrogens is 254 g/mol. The number of hydrogen-bond donors (Lipinski definition) is 1. The molecule has 1 aliphatic heterocycles. The third-order valence-electron chi connectivity index (χ3n) is 6.31. The van der Waals surface area contributed by atoms with E-state index in [-0.39, 0.29) is 11.5 Å². The lowest BCUT2D eigenvalue weighted by Gasteiger charge is -2.60. The Labute approximate surface area is 120 Å². The second-order valence-corrected chi connectivity index (χ2v) is 7.67. The Kier molecular flexibility index (Phi) is 3.08. The summed E-state index contributed by atoms with van der Waals surface area (Å²) in [4.78, 5) is 14.2. The molecule has 1 N–H and O–H groups in total. The molecule has 112 valence electrons. The van der Waals surface area contributed by atoms with Gasteiger partial charge in [-0.25, -0.2) is 0 Å². The zero-order valence-corrected chi connectivity index (χ0v) is 12.1. The van der Waals surface area contributed by atoms with Crippen molar-refractivity contribution in [3.05, 3.63) is 0 Å². The highest BCUT2D eigenvalue weighted by molar-refractivity contribution is 5.75. The fourth-order valence-corrected chi connectivity index (χ4v) is 6.15. The molecule has 0 amide bonds. The minimum Gasteiger partial charge on any atom is -0.480 e. The van der Waals surface area contributed by atoms with Crippen molar-refractivity contribution in [2.24, 2.45) is 23.2 Å². The molecule has 0 unspecified atom stereocenters. The van der Waals surface area contributed by atoms with Gasteiger partial charge in [0.15, 0.2) is 0 Å². The number of morpholine rings is 1. The van der Waals surface area contributed by atoms with Crippen molar-refractivity contribution in [1.29, 1.82) is 0 Å². The number of rotatable bonds is 3. The van der Waals surface area contributed by atoms with Gasteiger partial charge in [0.25, 0.3) is 0 Å². The second kappa shape index (κ2) is 4.70. The average molecular weight is 279 g/mol. The molecule has 4 aliphatic carbocycles. The number of carboxylic acid groups (broad SMARTS) is 1.